The Labute approximate surface area is 147 Å². The maximum Gasteiger partial charge on any atom is 0.230 e. The summed E-state index contributed by atoms with van der Waals surface area (Å²) in [7, 11) is 0. The van der Waals surface area contributed by atoms with Crippen LogP contribution in [0.15, 0.2) is 29.7 Å². The standard InChI is InChI=1S/C17H25N5OS/c1-12(2)5-4-6-13(3)19-15(23)11-24-17-20-16(21-22-17)14-7-9-18-10-8-14/h7-10,12-13H,4-6,11H2,1-3H3,(H,19,23)(H,20,21,22)/t13-/m0/s1. The Morgan fingerprint density at radius 1 is 1.25 bits per heavy atom. The van der Waals surface area contributed by atoms with Gasteiger partial charge >= 0.3 is 0 Å². The molecule has 0 aromatic carbocycles. The topological polar surface area (TPSA) is 83.6 Å². The van der Waals surface area contributed by atoms with Gasteiger partial charge in [-0.2, -0.15) is 0 Å². The number of aromatic nitrogens is 4. The highest BCUT2D eigenvalue weighted by Crippen LogP contribution is 2.18. The molecule has 0 saturated carbocycles. The third kappa shape index (κ3) is 6.31. The minimum atomic E-state index is 0.0207. The minimum absolute atomic E-state index is 0.0207. The van der Waals surface area contributed by atoms with Crippen LogP contribution in [0.5, 0.6) is 0 Å². The zero-order valence-corrected chi connectivity index (χ0v) is 15.3. The van der Waals surface area contributed by atoms with Gasteiger partial charge in [-0.25, -0.2) is 4.98 Å². The van der Waals surface area contributed by atoms with Crippen LogP contribution in [0.3, 0.4) is 0 Å². The van der Waals surface area contributed by atoms with E-state index in [0.717, 1.165) is 18.4 Å². The third-order valence-electron chi connectivity index (χ3n) is 3.58. The molecule has 2 N–H and O–H groups in total. The molecule has 0 aliphatic rings. The molecule has 7 heteroatoms. The number of amides is 1. The Bertz CT molecular complexity index is 629. The molecule has 130 valence electrons. The summed E-state index contributed by atoms with van der Waals surface area (Å²) in [6, 6.07) is 3.93. The van der Waals surface area contributed by atoms with Crippen molar-refractivity contribution >= 4 is 17.7 Å². The van der Waals surface area contributed by atoms with Crippen molar-refractivity contribution in [2.75, 3.05) is 5.75 Å². The first-order valence-electron chi connectivity index (χ1n) is 8.29. The molecule has 0 unspecified atom stereocenters. The molecule has 2 aromatic rings. The molecule has 2 rings (SSSR count). The molecule has 1 amide bonds. The van der Waals surface area contributed by atoms with E-state index in [9.17, 15) is 4.79 Å². The normalized spacial score (nSPS) is 12.3. The summed E-state index contributed by atoms with van der Waals surface area (Å²) in [5, 5.41) is 10.6. The number of pyridine rings is 1. The maximum absolute atomic E-state index is 12.0. The summed E-state index contributed by atoms with van der Waals surface area (Å²) in [6.07, 6.45) is 6.77. The largest absolute Gasteiger partial charge is 0.353 e. The number of hydrogen-bond acceptors (Lipinski definition) is 5. The summed E-state index contributed by atoms with van der Waals surface area (Å²) in [4.78, 5) is 20.4. The van der Waals surface area contributed by atoms with Crippen molar-refractivity contribution in [3.63, 3.8) is 0 Å². The SMILES string of the molecule is CC(C)CCC[C@H](C)NC(=O)CSc1n[nH]c(-c2ccncc2)n1. The van der Waals surface area contributed by atoms with Gasteiger partial charge in [0.05, 0.1) is 5.75 Å². The molecule has 0 bridgehead atoms. The lowest BCUT2D eigenvalue weighted by Gasteiger charge is -2.14. The van der Waals surface area contributed by atoms with Crippen LogP contribution in [0.1, 0.15) is 40.0 Å². The average molecular weight is 347 g/mol. The van der Waals surface area contributed by atoms with E-state index in [4.69, 9.17) is 0 Å². The minimum Gasteiger partial charge on any atom is -0.353 e. The molecule has 24 heavy (non-hydrogen) atoms. The maximum atomic E-state index is 12.0. The Morgan fingerprint density at radius 2 is 2.00 bits per heavy atom. The van der Waals surface area contributed by atoms with E-state index in [1.807, 2.05) is 12.1 Å². The lowest BCUT2D eigenvalue weighted by atomic mass is 10.0. The predicted octanol–water partition coefficient (Wildman–Crippen LogP) is 3.29. The fraction of sp³-hybridized carbons (Fsp3) is 0.529. The predicted molar refractivity (Wildman–Crippen MR) is 96.6 cm³/mol. The van der Waals surface area contributed by atoms with Gasteiger partial charge in [-0.05, 0) is 31.4 Å². The fourth-order valence-electron chi connectivity index (χ4n) is 2.30. The first kappa shape index (κ1) is 18.4. The number of thioether (sulfide) groups is 1. The van der Waals surface area contributed by atoms with Crippen LogP contribution in [0.4, 0.5) is 0 Å². The van der Waals surface area contributed by atoms with Gasteiger partial charge in [-0.3, -0.25) is 14.9 Å². The van der Waals surface area contributed by atoms with E-state index in [-0.39, 0.29) is 11.9 Å². The van der Waals surface area contributed by atoms with Crippen molar-refractivity contribution in [1.82, 2.24) is 25.5 Å². The van der Waals surface area contributed by atoms with E-state index >= 15 is 0 Å². The Morgan fingerprint density at radius 3 is 2.71 bits per heavy atom. The Balaban J connectivity index is 1.73. The number of H-pyrrole nitrogens is 1. The molecule has 1 atom stereocenters. The van der Waals surface area contributed by atoms with E-state index in [1.165, 1.54) is 18.2 Å². The van der Waals surface area contributed by atoms with E-state index in [2.05, 4.69) is 46.3 Å². The van der Waals surface area contributed by atoms with Gasteiger partial charge in [0.1, 0.15) is 0 Å². The monoisotopic (exact) mass is 347 g/mol. The van der Waals surface area contributed by atoms with Gasteiger partial charge in [0.15, 0.2) is 5.82 Å². The number of nitrogens with zero attached hydrogens (tertiary/aromatic N) is 3. The van der Waals surface area contributed by atoms with Crippen molar-refractivity contribution in [2.45, 2.75) is 51.2 Å². The number of rotatable bonds is 9. The quantitative estimate of drug-likeness (QED) is 0.680. The second-order valence-corrected chi connectivity index (χ2v) is 7.23. The van der Waals surface area contributed by atoms with Crippen LogP contribution in [-0.4, -0.2) is 37.9 Å². The molecule has 0 aliphatic carbocycles. The highest BCUT2D eigenvalue weighted by Gasteiger charge is 2.11. The van der Waals surface area contributed by atoms with Crippen molar-refractivity contribution < 1.29 is 4.79 Å². The second-order valence-electron chi connectivity index (χ2n) is 6.28. The van der Waals surface area contributed by atoms with Crippen LogP contribution in [-0.2, 0) is 4.79 Å². The van der Waals surface area contributed by atoms with Gasteiger partial charge in [0.2, 0.25) is 11.1 Å². The van der Waals surface area contributed by atoms with Crippen LogP contribution < -0.4 is 5.32 Å². The zero-order chi connectivity index (χ0) is 17.4. The molecule has 6 nitrogen and oxygen atoms in total. The van der Waals surface area contributed by atoms with Gasteiger partial charge in [0.25, 0.3) is 0 Å². The summed E-state index contributed by atoms with van der Waals surface area (Å²) < 4.78 is 0. The second kappa shape index (κ2) is 9.42. The van der Waals surface area contributed by atoms with Crippen LogP contribution in [0, 0.1) is 5.92 Å². The molecule has 2 heterocycles. The van der Waals surface area contributed by atoms with Gasteiger partial charge in [0, 0.05) is 24.0 Å². The fourth-order valence-corrected chi connectivity index (χ4v) is 2.91. The number of carbonyl (C=O) groups is 1. The molecule has 0 aliphatic heterocycles. The highest BCUT2D eigenvalue weighted by molar-refractivity contribution is 7.99. The smallest absolute Gasteiger partial charge is 0.230 e. The van der Waals surface area contributed by atoms with Gasteiger partial charge < -0.3 is 5.32 Å². The lowest BCUT2D eigenvalue weighted by molar-refractivity contribution is -0.119. The molecular weight excluding hydrogens is 322 g/mol. The highest BCUT2D eigenvalue weighted by atomic mass is 32.2. The third-order valence-corrected chi connectivity index (χ3v) is 4.42. The van der Waals surface area contributed by atoms with Crippen molar-refractivity contribution in [1.29, 1.82) is 0 Å². The number of hydrogen-bond donors (Lipinski definition) is 2. The summed E-state index contributed by atoms with van der Waals surface area (Å²) in [5.41, 5.74) is 0.924. The number of carbonyl (C=O) groups excluding carboxylic acids is 1. The van der Waals surface area contributed by atoms with E-state index in [1.54, 1.807) is 12.4 Å². The van der Waals surface area contributed by atoms with Crippen molar-refractivity contribution in [2.24, 2.45) is 5.92 Å². The van der Waals surface area contributed by atoms with Crippen LogP contribution >= 0.6 is 11.8 Å². The first-order chi connectivity index (χ1) is 11.5. The molecule has 0 radical (unpaired) electrons. The van der Waals surface area contributed by atoms with Crippen LogP contribution in [0.25, 0.3) is 11.4 Å². The Hall–Kier alpha value is -1.89. The van der Waals surface area contributed by atoms with E-state index in [0.29, 0.717) is 22.7 Å². The Kier molecular flexibility index (Phi) is 7.24. The molecule has 0 saturated heterocycles. The zero-order valence-electron chi connectivity index (χ0n) is 14.5. The first-order valence-corrected chi connectivity index (χ1v) is 9.28. The van der Waals surface area contributed by atoms with Crippen LogP contribution in [0.2, 0.25) is 0 Å². The van der Waals surface area contributed by atoms with Crippen molar-refractivity contribution in [3.05, 3.63) is 24.5 Å². The van der Waals surface area contributed by atoms with Crippen molar-refractivity contribution in [3.8, 4) is 11.4 Å². The van der Waals surface area contributed by atoms with E-state index < -0.39 is 0 Å². The number of nitrogens with one attached hydrogen (secondary N) is 2. The molecule has 0 fully saturated rings. The van der Waals surface area contributed by atoms with Gasteiger partial charge in [-0.1, -0.05) is 38.5 Å². The summed E-state index contributed by atoms with van der Waals surface area (Å²) in [6.45, 7) is 6.49. The molecule has 0 spiro atoms. The van der Waals surface area contributed by atoms with Gasteiger partial charge in [-0.15, -0.1) is 5.10 Å². The lowest BCUT2D eigenvalue weighted by Crippen LogP contribution is -2.33. The summed E-state index contributed by atoms with van der Waals surface area (Å²) in [5.74, 6) is 1.74. The summed E-state index contributed by atoms with van der Waals surface area (Å²) >= 11 is 1.33. The number of aromatic amines is 1. The molecule has 2 aromatic heterocycles. The average Bonchev–Trinajstić information content (AvgIpc) is 3.02. The molecular formula is C17H25N5OS.